The predicted molar refractivity (Wildman–Crippen MR) is 122 cm³/mol. The molecule has 0 unspecified atom stereocenters. The second-order valence-electron chi connectivity index (χ2n) is 8.08. The number of nitrogens with zero attached hydrogens (tertiary/aromatic N) is 2. The van der Waals surface area contributed by atoms with Crippen LogP contribution < -0.4 is 10.9 Å². The van der Waals surface area contributed by atoms with Crippen LogP contribution in [-0.2, 0) is 23.1 Å². The Hall–Kier alpha value is -3.72. The summed E-state index contributed by atoms with van der Waals surface area (Å²) in [6, 6.07) is 16.0. The second kappa shape index (κ2) is 8.67. The minimum Gasteiger partial charge on any atom is -0.348 e. The molecule has 0 saturated carbocycles. The minimum absolute atomic E-state index is 0.0772. The van der Waals surface area contributed by atoms with Crippen molar-refractivity contribution in [1.29, 1.82) is 0 Å². The molecule has 1 aliphatic rings. The van der Waals surface area contributed by atoms with E-state index in [1.54, 1.807) is 36.7 Å². The predicted octanol–water partition coefficient (Wildman–Crippen LogP) is 2.38. The average Bonchev–Trinajstić information content (AvgIpc) is 2.99. The van der Waals surface area contributed by atoms with Gasteiger partial charge in [-0.15, -0.1) is 0 Å². The molecule has 0 spiro atoms. The molecule has 9 heteroatoms. The summed E-state index contributed by atoms with van der Waals surface area (Å²) in [7, 11) is -3.97. The topological polar surface area (TPSA) is 106 Å². The van der Waals surface area contributed by atoms with Crippen LogP contribution >= 0.6 is 0 Å². The van der Waals surface area contributed by atoms with Crippen molar-refractivity contribution in [3.8, 4) is 0 Å². The maximum Gasteiger partial charge on any atom is 0.269 e. The fourth-order valence-electron chi connectivity index (χ4n) is 3.73. The Kier molecular flexibility index (Phi) is 5.90. The van der Waals surface area contributed by atoms with Crippen molar-refractivity contribution in [2.75, 3.05) is 0 Å². The fourth-order valence-corrected chi connectivity index (χ4v) is 5.53. The highest BCUT2D eigenvalue weighted by Gasteiger charge is 2.42. The third kappa shape index (κ3) is 4.31. The quantitative estimate of drug-likeness (QED) is 0.602. The highest BCUT2D eigenvalue weighted by atomic mass is 32.2. The van der Waals surface area contributed by atoms with Gasteiger partial charge in [0.25, 0.3) is 27.4 Å². The van der Waals surface area contributed by atoms with Gasteiger partial charge in [0.2, 0.25) is 0 Å². The lowest BCUT2D eigenvalue weighted by atomic mass is 10.1. The van der Waals surface area contributed by atoms with Crippen molar-refractivity contribution < 1.29 is 18.0 Å². The van der Waals surface area contributed by atoms with E-state index >= 15 is 0 Å². The van der Waals surface area contributed by atoms with Crippen molar-refractivity contribution in [3.63, 3.8) is 0 Å². The van der Waals surface area contributed by atoms with Crippen LogP contribution in [0.4, 0.5) is 0 Å². The lowest BCUT2D eigenvalue weighted by Gasteiger charge is -2.18. The van der Waals surface area contributed by atoms with Crippen molar-refractivity contribution in [2.45, 2.75) is 37.9 Å². The molecule has 170 valence electrons. The van der Waals surface area contributed by atoms with Crippen molar-refractivity contribution >= 4 is 21.8 Å². The molecule has 8 nitrogen and oxygen atoms in total. The van der Waals surface area contributed by atoms with Gasteiger partial charge in [0, 0.05) is 30.4 Å². The third-order valence-corrected chi connectivity index (χ3v) is 7.41. The number of carbonyl (C=O) groups is 2. The highest BCUT2D eigenvalue weighted by molar-refractivity contribution is 7.90. The Morgan fingerprint density at radius 2 is 1.67 bits per heavy atom. The summed E-state index contributed by atoms with van der Waals surface area (Å²) in [5.74, 6) is -1.02. The van der Waals surface area contributed by atoms with Gasteiger partial charge in [0.1, 0.15) is 4.90 Å². The molecule has 1 aromatic heterocycles. The van der Waals surface area contributed by atoms with Crippen LogP contribution in [0.2, 0.25) is 0 Å². The highest BCUT2D eigenvalue weighted by Crippen LogP contribution is 2.32. The molecule has 2 aromatic carbocycles. The fraction of sp³-hybridized carbons (Fsp3) is 0.208. The summed E-state index contributed by atoms with van der Waals surface area (Å²) in [5.41, 5.74) is 1.96. The van der Waals surface area contributed by atoms with Gasteiger partial charge < -0.3 is 9.88 Å². The zero-order valence-electron chi connectivity index (χ0n) is 18.2. The molecule has 2 amide bonds. The maximum absolute atomic E-state index is 12.7. The number of carbonyl (C=O) groups excluding carboxylic acids is 2. The summed E-state index contributed by atoms with van der Waals surface area (Å²) in [4.78, 5) is 36.8. The minimum atomic E-state index is -3.97. The maximum atomic E-state index is 12.7. The van der Waals surface area contributed by atoms with Crippen LogP contribution in [-0.4, -0.2) is 35.1 Å². The van der Waals surface area contributed by atoms with Gasteiger partial charge >= 0.3 is 0 Å². The number of sulfonamides is 1. The Bertz CT molecular complexity index is 1390. The standard InChI is InChI=1S/C24H23N3O5S/c1-16(2)27-24(30)20-11-10-19(13-21(20)33(27,31)32)23(29)25-14-17-6-8-18(9-7-17)15-26-12-4-3-5-22(26)28/h3-13,16H,14-15H2,1-2H3,(H,25,29). The van der Waals surface area contributed by atoms with Gasteiger partial charge in [-0.25, -0.2) is 12.7 Å². The lowest BCUT2D eigenvalue weighted by Crippen LogP contribution is -2.36. The van der Waals surface area contributed by atoms with E-state index in [1.807, 2.05) is 24.3 Å². The van der Waals surface area contributed by atoms with E-state index < -0.39 is 27.9 Å². The Labute approximate surface area is 191 Å². The smallest absolute Gasteiger partial charge is 0.269 e. The van der Waals surface area contributed by atoms with Gasteiger partial charge in [-0.05, 0) is 49.2 Å². The van der Waals surface area contributed by atoms with E-state index in [0.29, 0.717) is 6.54 Å². The molecule has 0 saturated heterocycles. The number of rotatable bonds is 6. The molecule has 0 bridgehead atoms. The monoisotopic (exact) mass is 465 g/mol. The van der Waals surface area contributed by atoms with E-state index in [9.17, 15) is 22.8 Å². The average molecular weight is 466 g/mol. The van der Waals surface area contributed by atoms with Gasteiger partial charge in [-0.3, -0.25) is 14.4 Å². The lowest BCUT2D eigenvalue weighted by molar-refractivity contribution is 0.0845. The van der Waals surface area contributed by atoms with E-state index in [1.165, 1.54) is 24.3 Å². The molecule has 3 aromatic rings. The number of hydrogen-bond donors (Lipinski definition) is 1. The Morgan fingerprint density at radius 1 is 0.970 bits per heavy atom. The van der Waals surface area contributed by atoms with E-state index in [2.05, 4.69) is 5.32 Å². The summed E-state index contributed by atoms with van der Waals surface area (Å²) in [6.45, 7) is 3.93. The van der Waals surface area contributed by atoms with Gasteiger partial charge in [0.15, 0.2) is 0 Å². The number of fused-ring (bicyclic) bond motifs is 1. The molecule has 0 atom stereocenters. The first-order valence-corrected chi connectivity index (χ1v) is 11.9. The molecule has 1 aliphatic heterocycles. The number of amides is 2. The third-order valence-electron chi connectivity index (χ3n) is 5.41. The molecule has 2 heterocycles. The van der Waals surface area contributed by atoms with Gasteiger partial charge in [0.05, 0.1) is 12.1 Å². The van der Waals surface area contributed by atoms with Crippen LogP contribution in [0.25, 0.3) is 0 Å². The Balaban J connectivity index is 1.44. The molecule has 4 rings (SSSR count). The van der Waals surface area contributed by atoms with Crippen LogP contribution in [0, 0.1) is 0 Å². The number of aromatic nitrogens is 1. The van der Waals surface area contributed by atoms with Crippen LogP contribution in [0.5, 0.6) is 0 Å². The molecule has 1 N–H and O–H groups in total. The van der Waals surface area contributed by atoms with Crippen LogP contribution in [0.3, 0.4) is 0 Å². The first-order chi connectivity index (χ1) is 15.7. The van der Waals surface area contributed by atoms with Crippen molar-refractivity contribution in [1.82, 2.24) is 14.2 Å². The molecular weight excluding hydrogens is 442 g/mol. The number of nitrogens with one attached hydrogen (secondary N) is 1. The van der Waals surface area contributed by atoms with Gasteiger partial charge in [-0.1, -0.05) is 30.3 Å². The first-order valence-electron chi connectivity index (χ1n) is 10.4. The van der Waals surface area contributed by atoms with Crippen LogP contribution in [0.1, 0.15) is 45.7 Å². The number of benzene rings is 2. The normalized spacial score (nSPS) is 14.4. The zero-order valence-corrected chi connectivity index (χ0v) is 19.0. The summed E-state index contributed by atoms with van der Waals surface area (Å²) < 4.78 is 27.9. The van der Waals surface area contributed by atoms with E-state index in [4.69, 9.17) is 0 Å². The molecular formula is C24H23N3O5S. The molecule has 0 radical (unpaired) electrons. The van der Waals surface area contributed by atoms with Crippen molar-refractivity contribution in [3.05, 3.63) is 99.5 Å². The van der Waals surface area contributed by atoms with Crippen LogP contribution in [0.15, 0.2) is 76.6 Å². The molecule has 33 heavy (non-hydrogen) atoms. The summed E-state index contributed by atoms with van der Waals surface area (Å²) >= 11 is 0. The van der Waals surface area contributed by atoms with E-state index in [-0.39, 0.29) is 28.1 Å². The SMILES string of the molecule is CC(C)N1C(=O)c2ccc(C(=O)NCc3ccc(Cn4ccccc4=O)cc3)cc2S1(=O)=O. The first kappa shape index (κ1) is 22.5. The second-order valence-corrected chi connectivity index (χ2v) is 9.86. The van der Waals surface area contributed by atoms with E-state index in [0.717, 1.165) is 15.4 Å². The summed E-state index contributed by atoms with van der Waals surface area (Å²) in [5, 5.41) is 2.77. The Morgan fingerprint density at radius 3 is 2.33 bits per heavy atom. The molecule has 0 aliphatic carbocycles. The number of pyridine rings is 1. The molecule has 0 fully saturated rings. The number of hydrogen-bond acceptors (Lipinski definition) is 5. The largest absolute Gasteiger partial charge is 0.348 e. The summed E-state index contributed by atoms with van der Waals surface area (Å²) in [6.07, 6.45) is 1.72. The van der Waals surface area contributed by atoms with Gasteiger partial charge in [-0.2, -0.15) is 0 Å². The zero-order chi connectivity index (χ0) is 23.8. The van der Waals surface area contributed by atoms with Crippen molar-refractivity contribution in [2.24, 2.45) is 0 Å².